The zero-order chi connectivity index (χ0) is 50.3. The van der Waals surface area contributed by atoms with E-state index in [0.717, 1.165) is 44.5 Å². The monoisotopic (exact) mass is 955 g/mol. The van der Waals surface area contributed by atoms with E-state index in [4.69, 9.17) is 0 Å². The van der Waals surface area contributed by atoms with E-state index in [9.17, 15) is 0 Å². The third-order valence-corrected chi connectivity index (χ3v) is 19.0. The van der Waals surface area contributed by atoms with E-state index in [-0.39, 0.29) is 43.3 Å². The number of hydrogen-bond acceptors (Lipinski definition) is 0. The van der Waals surface area contributed by atoms with Crippen LogP contribution >= 0.6 is 0 Å². The van der Waals surface area contributed by atoms with Crippen LogP contribution in [0.2, 0.25) is 0 Å². The summed E-state index contributed by atoms with van der Waals surface area (Å²) in [7, 11) is 0. The van der Waals surface area contributed by atoms with Gasteiger partial charge in [0, 0.05) is 44.5 Å². The van der Waals surface area contributed by atoms with Gasteiger partial charge < -0.3 is 0 Å². The molecule has 8 aliphatic carbocycles. The lowest BCUT2D eigenvalue weighted by Gasteiger charge is -2.71. The lowest BCUT2D eigenvalue weighted by Crippen LogP contribution is -2.63. The average molecular weight is 955 g/mol. The highest BCUT2D eigenvalue weighted by Gasteiger charge is 2.68. The van der Waals surface area contributed by atoms with Gasteiger partial charge in [-0.3, -0.25) is 0 Å². The van der Waals surface area contributed by atoms with Crippen molar-refractivity contribution in [3.05, 3.63) is 249 Å². The number of hydrogen-bond donors (Lipinski definition) is 0. The molecule has 0 heteroatoms. The lowest BCUT2D eigenvalue weighted by molar-refractivity contribution is -0.128. The molecule has 74 heavy (non-hydrogen) atoms. The normalized spacial score (nSPS) is 31.4. The fourth-order valence-electron chi connectivity index (χ4n) is 18.6. The highest BCUT2D eigenvalue weighted by molar-refractivity contribution is 5.59. The third kappa shape index (κ3) is 8.43. The molecule has 8 fully saturated rings. The Morgan fingerprint density at radius 3 is 0.797 bits per heavy atom. The van der Waals surface area contributed by atoms with Gasteiger partial charge in [0.25, 0.3) is 0 Å². The van der Waals surface area contributed by atoms with Crippen molar-refractivity contribution in [2.75, 3.05) is 0 Å². The van der Waals surface area contributed by atoms with Gasteiger partial charge in [0.2, 0.25) is 0 Å². The Hall–Kier alpha value is -7.22. The van der Waals surface area contributed by atoms with Crippen molar-refractivity contribution in [3.63, 3.8) is 0 Å². The number of rotatable bonds is 4. The molecule has 7 aromatic rings. The zero-order valence-corrected chi connectivity index (χ0v) is 43.8. The minimum atomic E-state index is 0.0628. The molecule has 0 heterocycles. The molecule has 8 bridgehead atoms. The average Bonchev–Trinajstić information content (AvgIpc) is 3.40. The molecule has 0 N–H and O–H groups in total. The largest absolute Gasteiger partial charge is 0.0622 e. The van der Waals surface area contributed by atoms with Crippen LogP contribution < -0.4 is 0 Å². The lowest BCUT2D eigenvalue weighted by atomic mass is 9.33. The van der Waals surface area contributed by atoms with Crippen molar-refractivity contribution in [3.8, 4) is 47.4 Å². The molecule has 7 aromatic carbocycles. The Balaban J connectivity index is 0.881. The summed E-state index contributed by atoms with van der Waals surface area (Å²) in [5, 5.41) is 0. The zero-order valence-electron chi connectivity index (χ0n) is 43.8. The van der Waals surface area contributed by atoms with Crippen molar-refractivity contribution in [2.45, 2.75) is 126 Å². The summed E-state index contributed by atoms with van der Waals surface area (Å²) in [4.78, 5) is 0. The summed E-state index contributed by atoms with van der Waals surface area (Å²) < 4.78 is 0. The second kappa shape index (κ2) is 17.2. The van der Waals surface area contributed by atoms with Crippen LogP contribution in [0.25, 0.3) is 0 Å². The fraction of sp³-hybridized carbons (Fsp3) is 0.324. The SMILES string of the molecule is CC12CC3(C)CC(c4cccc(C56CC7(C)CC(C)(C5)CC(c5ccc(C#Cc8ccccc8)c(C#Cc8ccccc8)c5)(C7)C6)c4)(C1)CC(c1ccc(C#Cc4ccccc4)c(C#Cc4ccccc4)c1)(C2)C3. The van der Waals surface area contributed by atoms with Gasteiger partial charge in [-0.05, 0) is 215 Å². The van der Waals surface area contributed by atoms with Gasteiger partial charge in [0.15, 0.2) is 0 Å². The van der Waals surface area contributed by atoms with Gasteiger partial charge in [0.1, 0.15) is 0 Å². The van der Waals surface area contributed by atoms with E-state index >= 15 is 0 Å². The topological polar surface area (TPSA) is 0 Å². The van der Waals surface area contributed by atoms with Crippen LogP contribution in [0.3, 0.4) is 0 Å². The molecule has 8 saturated carbocycles. The molecule has 0 saturated heterocycles. The highest BCUT2D eigenvalue weighted by atomic mass is 14.7. The number of benzene rings is 7. The predicted molar refractivity (Wildman–Crippen MR) is 304 cm³/mol. The van der Waals surface area contributed by atoms with Gasteiger partial charge in [-0.25, -0.2) is 0 Å². The van der Waals surface area contributed by atoms with E-state index < -0.39 is 0 Å². The van der Waals surface area contributed by atoms with Gasteiger partial charge in [0.05, 0.1) is 0 Å². The van der Waals surface area contributed by atoms with Crippen LogP contribution in [0.15, 0.2) is 182 Å². The first-order chi connectivity index (χ1) is 35.7. The van der Waals surface area contributed by atoms with E-state index in [2.05, 4.69) is 257 Å². The highest BCUT2D eigenvalue weighted by Crippen LogP contribution is 2.76. The molecule has 4 atom stereocenters. The first-order valence-electron chi connectivity index (χ1n) is 27.4. The molecule has 4 unspecified atom stereocenters. The second-order valence-electron chi connectivity index (χ2n) is 26.1. The summed E-state index contributed by atoms with van der Waals surface area (Å²) in [6, 6.07) is 66.4. The second-order valence-corrected chi connectivity index (χ2v) is 26.1. The van der Waals surface area contributed by atoms with Gasteiger partial charge in [-0.2, -0.15) is 0 Å². The van der Waals surface area contributed by atoms with E-state index in [0.29, 0.717) is 0 Å². The third-order valence-electron chi connectivity index (χ3n) is 19.0. The smallest absolute Gasteiger partial charge is 0.0408 e. The quantitative estimate of drug-likeness (QED) is 0.154. The maximum Gasteiger partial charge on any atom is 0.0408 e. The van der Waals surface area contributed by atoms with Crippen molar-refractivity contribution >= 4 is 0 Å². The Morgan fingerprint density at radius 1 is 0.230 bits per heavy atom. The van der Waals surface area contributed by atoms with Gasteiger partial charge in [-0.15, -0.1) is 0 Å². The molecule has 0 amide bonds. The Labute approximate surface area is 441 Å². The summed E-state index contributed by atoms with van der Waals surface area (Å²) in [6.07, 6.45) is 15.0. The van der Waals surface area contributed by atoms with Crippen LogP contribution in [-0.4, -0.2) is 0 Å². The van der Waals surface area contributed by atoms with Crippen molar-refractivity contribution in [1.29, 1.82) is 0 Å². The molecular formula is C74H66. The molecular weight excluding hydrogens is 889 g/mol. The first-order valence-corrected chi connectivity index (χ1v) is 27.4. The standard InChI is InChI=1S/C74H66/c1-67-43-68(2)46-71(45-67,53-73(49-67,50-68)65-38-36-59(32-28-55-18-9-5-10-19-55)61(40-65)34-30-57-22-13-7-14-23-57)63-26-17-27-64(42-63)72-47-69(3)44-70(4,48-72)52-74(51-69,54-72)66-39-37-60(33-29-56-20-11-6-12-21-56)62(41-66)35-31-58-24-15-8-16-25-58/h5-27,36-42H,43-54H2,1-4H3. The first kappa shape index (κ1) is 46.6. The van der Waals surface area contributed by atoms with Crippen LogP contribution in [0, 0.1) is 69.0 Å². The van der Waals surface area contributed by atoms with E-state index in [1.807, 2.05) is 0 Å². The Morgan fingerprint density at radius 2 is 0.500 bits per heavy atom. The van der Waals surface area contributed by atoms with Crippen molar-refractivity contribution < 1.29 is 0 Å². The molecule has 15 rings (SSSR count). The molecule has 362 valence electrons. The minimum Gasteiger partial charge on any atom is -0.0622 e. The maximum absolute atomic E-state index is 3.66. The van der Waals surface area contributed by atoms with Crippen LogP contribution in [0.4, 0.5) is 0 Å². The fourth-order valence-corrected chi connectivity index (χ4v) is 18.6. The predicted octanol–water partition coefficient (Wildman–Crippen LogP) is 16.4. The van der Waals surface area contributed by atoms with Crippen LogP contribution in [-0.2, 0) is 21.7 Å². The Kier molecular flexibility index (Phi) is 10.8. The molecule has 0 aromatic heterocycles. The van der Waals surface area contributed by atoms with E-state index in [1.54, 1.807) is 11.1 Å². The maximum atomic E-state index is 3.66. The van der Waals surface area contributed by atoms with Gasteiger partial charge >= 0.3 is 0 Å². The molecule has 0 spiro atoms. The Bertz CT molecular complexity index is 3330. The molecule has 0 aliphatic heterocycles. The van der Waals surface area contributed by atoms with E-state index in [1.165, 1.54) is 88.2 Å². The minimum absolute atomic E-state index is 0.0628. The van der Waals surface area contributed by atoms with Crippen molar-refractivity contribution in [1.82, 2.24) is 0 Å². The summed E-state index contributed by atoms with van der Waals surface area (Å²) in [5.74, 6) is 28.4. The van der Waals surface area contributed by atoms with Crippen LogP contribution in [0.5, 0.6) is 0 Å². The van der Waals surface area contributed by atoms with Crippen LogP contribution in [0.1, 0.15) is 172 Å². The summed E-state index contributed by atoms with van der Waals surface area (Å²) >= 11 is 0. The van der Waals surface area contributed by atoms with Crippen molar-refractivity contribution in [2.24, 2.45) is 21.7 Å². The summed E-state index contributed by atoms with van der Waals surface area (Å²) in [6.45, 7) is 10.6. The molecule has 0 nitrogen and oxygen atoms in total. The van der Waals surface area contributed by atoms with Gasteiger partial charge in [-0.1, -0.05) is 184 Å². The molecule has 8 aliphatic rings. The summed E-state index contributed by atoms with van der Waals surface area (Å²) in [5.41, 5.74) is 15.7. The molecule has 0 radical (unpaired) electrons.